The van der Waals surface area contributed by atoms with Gasteiger partial charge >= 0.3 is 5.97 Å². The van der Waals surface area contributed by atoms with Crippen LogP contribution in [0.4, 0.5) is 0 Å². The first kappa shape index (κ1) is 36.3. The number of hydrogen-bond acceptors (Lipinski definition) is 10. The number of carbonyl (C=O) groups excluding carboxylic acids is 1. The van der Waals surface area contributed by atoms with E-state index in [0.717, 1.165) is 93.6 Å². The lowest BCUT2D eigenvalue weighted by molar-refractivity contribution is -0.141. The molecule has 4 bridgehead atoms. The number of ether oxygens (including phenoxy) is 4. The molecule has 4 heterocycles. The summed E-state index contributed by atoms with van der Waals surface area (Å²) in [5.41, 5.74) is 17.0. The molecule has 1 fully saturated rings. The highest BCUT2D eigenvalue weighted by atomic mass is 16.5. The highest BCUT2D eigenvalue weighted by Crippen LogP contribution is 2.63. The number of methoxy groups -OCH3 is 1. The summed E-state index contributed by atoms with van der Waals surface area (Å²) in [4.78, 5) is 12.5. The van der Waals surface area contributed by atoms with Gasteiger partial charge in [-0.3, -0.25) is 4.79 Å². The summed E-state index contributed by atoms with van der Waals surface area (Å²) in [5.74, 6) is 8.55. The van der Waals surface area contributed by atoms with Crippen LogP contribution < -0.4 is 30.6 Å². The lowest BCUT2D eigenvalue weighted by atomic mass is 9.65. The Bertz CT molecular complexity index is 2310. The number of hydrogen-bond donors (Lipinski definition) is 5. The average molecular weight is 756 g/mol. The van der Waals surface area contributed by atoms with Gasteiger partial charge in [-0.1, -0.05) is 43.2 Å². The summed E-state index contributed by atoms with van der Waals surface area (Å²) in [6.07, 6.45) is 10.9. The van der Waals surface area contributed by atoms with Gasteiger partial charge in [0.25, 0.3) is 0 Å². The van der Waals surface area contributed by atoms with Crippen LogP contribution in [0.1, 0.15) is 91.4 Å². The summed E-state index contributed by atoms with van der Waals surface area (Å²) in [6.45, 7) is 3.99. The number of esters is 1. The van der Waals surface area contributed by atoms with E-state index in [1.807, 2.05) is 25.3 Å². The Morgan fingerprint density at radius 1 is 1.18 bits per heavy atom. The van der Waals surface area contributed by atoms with Crippen molar-refractivity contribution >= 4 is 12.0 Å². The lowest BCUT2D eigenvalue weighted by Crippen LogP contribution is -2.41. The maximum absolute atomic E-state index is 12.5. The molecule has 10 nitrogen and oxygen atoms in total. The zero-order valence-corrected chi connectivity index (χ0v) is 32.4. The largest absolute Gasteiger partial charge is 0.508 e. The zero-order valence-electron chi connectivity index (χ0n) is 32.4. The molecular weight excluding hydrogens is 707 g/mol. The van der Waals surface area contributed by atoms with Crippen molar-refractivity contribution in [2.75, 3.05) is 27.4 Å². The van der Waals surface area contributed by atoms with Crippen molar-refractivity contribution in [3.8, 4) is 51.7 Å². The van der Waals surface area contributed by atoms with Crippen LogP contribution in [0.5, 0.6) is 28.7 Å². The van der Waals surface area contributed by atoms with Crippen molar-refractivity contribution in [2.45, 2.75) is 88.4 Å². The van der Waals surface area contributed by atoms with E-state index in [-0.39, 0.29) is 47.6 Å². The van der Waals surface area contributed by atoms with E-state index in [9.17, 15) is 15.0 Å². The molecule has 0 radical (unpaired) electrons. The molecule has 6 N–H and O–H groups in total. The van der Waals surface area contributed by atoms with Crippen molar-refractivity contribution in [1.29, 1.82) is 0 Å². The Morgan fingerprint density at radius 2 is 2.04 bits per heavy atom. The lowest BCUT2D eigenvalue weighted by Gasteiger charge is -2.39. The fourth-order valence-electron chi connectivity index (χ4n) is 10.3. The molecule has 56 heavy (non-hydrogen) atoms. The van der Waals surface area contributed by atoms with Crippen LogP contribution in [0, 0.1) is 17.8 Å². The molecule has 9 rings (SSSR count). The van der Waals surface area contributed by atoms with Gasteiger partial charge in [0.1, 0.15) is 36.6 Å². The number of aromatic hydroxyl groups is 2. The quantitative estimate of drug-likeness (QED) is 0.143. The second-order valence-electron chi connectivity index (χ2n) is 16.2. The summed E-state index contributed by atoms with van der Waals surface area (Å²) >= 11 is 0. The number of allylic oxidation sites excluding steroid dienone is 3. The van der Waals surface area contributed by atoms with E-state index < -0.39 is 6.10 Å². The molecule has 290 valence electrons. The maximum atomic E-state index is 12.5. The minimum atomic E-state index is -0.602. The molecule has 0 aromatic heterocycles. The molecular formula is C46H49N3O7. The van der Waals surface area contributed by atoms with Crippen LogP contribution in [0.3, 0.4) is 0 Å². The Hall–Kier alpha value is -5.37. The molecule has 0 amide bonds. The van der Waals surface area contributed by atoms with Crippen LogP contribution in [-0.2, 0) is 27.8 Å². The van der Waals surface area contributed by atoms with Crippen molar-refractivity contribution in [2.24, 2.45) is 11.7 Å². The number of nitrogens with one attached hydrogen (secondary N) is 2. The second kappa shape index (κ2) is 14.0. The second-order valence-corrected chi connectivity index (χ2v) is 16.2. The van der Waals surface area contributed by atoms with Gasteiger partial charge in [0.15, 0.2) is 11.5 Å². The smallest absolute Gasteiger partial charge is 0.302 e. The topological polar surface area (TPSA) is 145 Å². The Labute approximate surface area is 327 Å². The molecule has 2 aliphatic carbocycles. The van der Waals surface area contributed by atoms with Gasteiger partial charge < -0.3 is 45.5 Å². The number of nitrogens with two attached hydrogens (primary N) is 1. The highest BCUT2D eigenvalue weighted by Gasteiger charge is 2.51. The van der Waals surface area contributed by atoms with Gasteiger partial charge in [-0.15, -0.1) is 0 Å². The third-order valence-corrected chi connectivity index (χ3v) is 12.9. The summed E-state index contributed by atoms with van der Waals surface area (Å²) in [5, 5.41) is 29.3. The predicted molar refractivity (Wildman–Crippen MR) is 214 cm³/mol. The molecule has 3 aromatic carbocycles. The van der Waals surface area contributed by atoms with Crippen LogP contribution in [0.25, 0.3) is 17.2 Å². The summed E-state index contributed by atoms with van der Waals surface area (Å²) < 4.78 is 25.5. The minimum absolute atomic E-state index is 0.0285. The molecule has 6 aliphatic rings. The predicted octanol–water partition coefficient (Wildman–Crippen LogP) is 6.57. The third kappa shape index (κ3) is 5.91. The number of carbonyl (C=O) groups is 1. The Kier molecular flexibility index (Phi) is 9.06. The molecule has 6 atom stereocenters. The summed E-state index contributed by atoms with van der Waals surface area (Å²) in [6, 6.07) is 9.52. The molecule has 10 heteroatoms. The normalized spacial score (nSPS) is 26.5. The van der Waals surface area contributed by atoms with Crippen LogP contribution >= 0.6 is 0 Å². The number of phenols is 2. The molecule has 1 unspecified atom stereocenters. The SMILES string of the molecule is CCC1=CC2=C(C#CCc3cc(O)c4c(c3[C@H]3Oc5c(ccc6c5[C@@]5(CC[C@H](C2)C5)Cc2cc(O)cc(OC)c2-6)[C@@H]3COC(C)=O)C=C[C@@H](NC)CO4)NC1N. The van der Waals surface area contributed by atoms with E-state index in [4.69, 9.17) is 24.7 Å². The monoisotopic (exact) mass is 755 g/mol. The van der Waals surface area contributed by atoms with E-state index in [0.29, 0.717) is 36.9 Å². The van der Waals surface area contributed by atoms with Crippen LogP contribution in [0.2, 0.25) is 0 Å². The van der Waals surface area contributed by atoms with Crippen LogP contribution in [-0.4, -0.2) is 55.8 Å². The van der Waals surface area contributed by atoms with Gasteiger partial charge in [0, 0.05) is 52.6 Å². The Morgan fingerprint density at radius 3 is 2.82 bits per heavy atom. The fourth-order valence-corrected chi connectivity index (χ4v) is 10.3. The number of dihydropyridines is 1. The number of fused-ring (bicyclic) bond motifs is 8. The van der Waals surface area contributed by atoms with Gasteiger partial charge in [-0.25, -0.2) is 0 Å². The highest BCUT2D eigenvalue weighted by molar-refractivity contribution is 5.84. The van der Waals surface area contributed by atoms with Gasteiger partial charge in [0.2, 0.25) is 0 Å². The first-order valence-corrected chi connectivity index (χ1v) is 19.8. The first-order valence-electron chi connectivity index (χ1n) is 19.8. The van der Waals surface area contributed by atoms with E-state index in [2.05, 4.69) is 47.6 Å². The van der Waals surface area contributed by atoms with Crippen molar-refractivity contribution in [3.05, 3.63) is 92.7 Å². The Balaban J connectivity index is 1.32. The number of phenolic OH excluding ortho intramolecular Hbond substituents is 2. The summed E-state index contributed by atoms with van der Waals surface area (Å²) in [7, 11) is 3.52. The number of benzene rings is 3. The van der Waals surface area contributed by atoms with Gasteiger partial charge in [-0.2, -0.15) is 0 Å². The van der Waals surface area contributed by atoms with Gasteiger partial charge in [-0.05, 0) is 97.4 Å². The molecule has 3 aromatic rings. The van der Waals surface area contributed by atoms with Gasteiger partial charge in [0.05, 0.1) is 30.9 Å². The molecule has 4 aliphatic heterocycles. The first-order chi connectivity index (χ1) is 27.1. The fraction of sp³-hybridized carbons (Fsp3) is 0.413. The van der Waals surface area contributed by atoms with E-state index in [1.165, 1.54) is 12.5 Å². The maximum Gasteiger partial charge on any atom is 0.302 e. The number of likely N-dealkylation sites (N-methyl/N-ethyl adjacent to an activating group) is 1. The standard InChI is InChI=1S/C46H49N3O7/c1-5-26-16-28-15-25-13-14-46(20-25)21-29-17-31(51)19-38(53-4)39(29)33-12-11-32-35(23-54-24(2)50)43(56-44(32)41(33)46)40-27(7-6-8-36(28)49-45(26)47)18-37(52)42-34(40)10-9-30(48-3)22-55-42/h9-12,16-19,25,30,35,43,45,48-49,51-52H,5,7,13-15,20-23,47H2,1-4H3/t25-,30-,35+,43+,45?,46-/m1/s1. The molecule has 1 saturated carbocycles. The van der Waals surface area contributed by atoms with E-state index in [1.54, 1.807) is 19.2 Å². The molecule has 0 saturated heterocycles. The van der Waals surface area contributed by atoms with Crippen molar-refractivity contribution in [1.82, 2.24) is 10.6 Å². The average Bonchev–Trinajstić information content (AvgIpc) is 3.66. The minimum Gasteiger partial charge on any atom is -0.508 e. The van der Waals surface area contributed by atoms with Crippen molar-refractivity contribution < 1.29 is 34.0 Å². The van der Waals surface area contributed by atoms with Crippen molar-refractivity contribution in [3.63, 3.8) is 0 Å². The zero-order chi connectivity index (χ0) is 38.9. The van der Waals surface area contributed by atoms with Crippen LogP contribution in [0.15, 0.2) is 59.3 Å². The number of rotatable bonds is 5. The molecule has 1 spiro atoms. The third-order valence-electron chi connectivity index (χ3n) is 12.9. The van der Waals surface area contributed by atoms with E-state index >= 15 is 0 Å².